The third kappa shape index (κ3) is 2.65. The average molecular weight is 293 g/mol. The number of hydrogen-bond acceptors (Lipinski definition) is 7. The van der Waals surface area contributed by atoms with Gasteiger partial charge < -0.3 is 4.90 Å². The molecule has 2 aromatic rings. The molecule has 0 saturated carbocycles. The fourth-order valence-corrected chi connectivity index (χ4v) is 3.26. The van der Waals surface area contributed by atoms with Crippen LogP contribution in [0.2, 0.25) is 0 Å². The van der Waals surface area contributed by atoms with Gasteiger partial charge in [-0.15, -0.1) is 5.10 Å². The van der Waals surface area contributed by atoms with E-state index < -0.39 is 0 Å². The molecule has 0 radical (unpaired) electrons. The highest BCUT2D eigenvalue weighted by Crippen LogP contribution is 2.23. The molecule has 0 bridgehead atoms. The van der Waals surface area contributed by atoms with Gasteiger partial charge in [0.2, 0.25) is 5.95 Å². The van der Waals surface area contributed by atoms with E-state index in [1.165, 1.54) is 30.8 Å². The standard InChI is InChI=1S/C12H19N7S/c1-3-10-5-4-6-18(7-10)12-14-15-16-19(12)8-11-9(2)13-17-20-11/h10H,3-8H2,1-2H3. The number of hydrogen-bond donors (Lipinski definition) is 0. The van der Waals surface area contributed by atoms with Gasteiger partial charge in [-0.05, 0) is 47.6 Å². The number of nitrogens with zero attached hydrogens (tertiary/aromatic N) is 7. The van der Waals surface area contributed by atoms with Gasteiger partial charge in [-0.25, -0.2) is 4.68 Å². The summed E-state index contributed by atoms with van der Waals surface area (Å²) in [6.45, 7) is 6.97. The lowest BCUT2D eigenvalue weighted by atomic mass is 9.96. The molecule has 1 aliphatic rings. The Balaban J connectivity index is 1.78. The first-order chi connectivity index (χ1) is 9.78. The average Bonchev–Trinajstić information content (AvgIpc) is 3.09. The summed E-state index contributed by atoms with van der Waals surface area (Å²) < 4.78 is 5.83. The molecule has 3 rings (SSSR count). The van der Waals surface area contributed by atoms with Gasteiger partial charge in [0, 0.05) is 13.1 Å². The zero-order valence-corrected chi connectivity index (χ0v) is 12.7. The molecule has 1 unspecified atom stereocenters. The summed E-state index contributed by atoms with van der Waals surface area (Å²) in [4.78, 5) is 3.42. The Bertz CT molecular complexity index is 564. The van der Waals surface area contributed by atoms with Crippen molar-refractivity contribution in [3.63, 3.8) is 0 Å². The van der Waals surface area contributed by atoms with Gasteiger partial charge in [-0.2, -0.15) is 0 Å². The van der Waals surface area contributed by atoms with E-state index in [9.17, 15) is 0 Å². The Morgan fingerprint density at radius 3 is 3.00 bits per heavy atom. The van der Waals surface area contributed by atoms with Crippen molar-refractivity contribution in [2.24, 2.45) is 5.92 Å². The maximum Gasteiger partial charge on any atom is 0.245 e. The van der Waals surface area contributed by atoms with E-state index in [-0.39, 0.29) is 0 Å². The fraction of sp³-hybridized carbons (Fsp3) is 0.750. The van der Waals surface area contributed by atoms with E-state index >= 15 is 0 Å². The maximum absolute atomic E-state index is 4.21. The van der Waals surface area contributed by atoms with Crippen molar-refractivity contribution in [3.8, 4) is 0 Å². The highest BCUT2D eigenvalue weighted by molar-refractivity contribution is 7.05. The zero-order chi connectivity index (χ0) is 13.9. The highest BCUT2D eigenvalue weighted by atomic mass is 32.1. The summed E-state index contributed by atoms with van der Waals surface area (Å²) in [6.07, 6.45) is 3.74. The lowest BCUT2D eigenvalue weighted by Gasteiger charge is -2.32. The van der Waals surface area contributed by atoms with Crippen LogP contribution in [0.3, 0.4) is 0 Å². The summed E-state index contributed by atoms with van der Waals surface area (Å²) in [5.74, 6) is 1.62. The minimum Gasteiger partial charge on any atom is -0.339 e. The molecule has 108 valence electrons. The van der Waals surface area contributed by atoms with Crippen LogP contribution in [0.5, 0.6) is 0 Å². The van der Waals surface area contributed by atoms with E-state index in [0.717, 1.165) is 35.5 Å². The van der Waals surface area contributed by atoms with E-state index in [1.807, 2.05) is 11.6 Å². The van der Waals surface area contributed by atoms with Crippen LogP contribution in [0, 0.1) is 12.8 Å². The fourth-order valence-electron chi connectivity index (χ4n) is 2.64. The third-order valence-electron chi connectivity index (χ3n) is 3.93. The molecule has 1 fully saturated rings. The molecule has 0 N–H and O–H groups in total. The lowest BCUT2D eigenvalue weighted by molar-refractivity contribution is 0.397. The number of anilines is 1. The molecule has 0 aromatic carbocycles. The molecule has 3 heterocycles. The van der Waals surface area contributed by atoms with E-state index in [0.29, 0.717) is 6.54 Å². The van der Waals surface area contributed by atoms with Gasteiger partial charge in [0.25, 0.3) is 0 Å². The van der Waals surface area contributed by atoms with Crippen LogP contribution in [0.4, 0.5) is 5.95 Å². The quantitative estimate of drug-likeness (QED) is 0.851. The van der Waals surface area contributed by atoms with Gasteiger partial charge in [0.05, 0.1) is 17.1 Å². The molecule has 0 amide bonds. The second-order valence-corrected chi connectivity index (χ2v) is 6.12. The molecule has 2 aromatic heterocycles. The molecule has 8 heteroatoms. The third-order valence-corrected chi connectivity index (χ3v) is 4.74. The topological polar surface area (TPSA) is 72.6 Å². The monoisotopic (exact) mass is 293 g/mol. The van der Waals surface area contributed by atoms with Gasteiger partial charge in [0.15, 0.2) is 0 Å². The van der Waals surface area contributed by atoms with Crippen molar-refractivity contribution < 1.29 is 0 Å². The van der Waals surface area contributed by atoms with Crippen LogP contribution < -0.4 is 4.90 Å². The van der Waals surface area contributed by atoms with Crippen molar-refractivity contribution in [1.29, 1.82) is 0 Å². The second-order valence-electron chi connectivity index (χ2n) is 5.28. The van der Waals surface area contributed by atoms with E-state index in [4.69, 9.17) is 0 Å². The molecule has 1 atom stereocenters. The van der Waals surface area contributed by atoms with Gasteiger partial charge >= 0.3 is 0 Å². The molecule has 7 nitrogen and oxygen atoms in total. The Hall–Kier alpha value is -1.57. The molecule has 20 heavy (non-hydrogen) atoms. The SMILES string of the molecule is CCC1CCCN(c2nnnn2Cc2snnc2C)C1. The van der Waals surface area contributed by atoms with Crippen molar-refractivity contribution in [2.45, 2.75) is 39.7 Å². The smallest absolute Gasteiger partial charge is 0.245 e. The first-order valence-electron chi connectivity index (χ1n) is 7.07. The molecular formula is C12H19N7S. The summed E-state index contributed by atoms with van der Waals surface area (Å²) >= 11 is 1.41. The minimum absolute atomic E-state index is 0.652. The predicted molar refractivity (Wildman–Crippen MR) is 76.8 cm³/mol. The first-order valence-corrected chi connectivity index (χ1v) is 7.84. The van der Waals surface area contributed by atoms with Crippen LogP contribution in [0.25, 0.3) is 0 Å². The Morgan fingerprint density at radius 1 is 1.35 bits per heavy atom. The van der Waals surface area contributed by atoms with Crippen LogP contribution in [0.1, 0.15) is 36.8 Å². The number of aromatic nitrogens is 6. The zero-order valence-electron chi connectivity index (χ0n) is 11.9. The molecular weight excluding hydrogens is 274 g/mol. The van der Waals surface area contributed by atoms with Crippen LogP contribution in [-0.2, 0) is 6.54 Å². The molecule has 1 aliphatic heterocycles. The van der Waals surface area contributed by atoms with Crippen molar-refractivity contribution in [2.75, 3.05) is 18.0 Å². The van der Waals surface area contributed by atoms with Gasteiger partial charge in [-0.3, -0.25) is 0 Å². The van der Waals surface area contributed by atoms with Crippen molar-refractivity contribution in [1.82, 2.24) is 29.8 Å². The normalized spacial score (nSPS) is 19.5. The largest absolute Gasteiger partial charge is 0.339 e. The van der Waals surface area contributed by atoms with Crippen LogP contribution >= 0.6 is 11.5 Å². The van der Waals surface area contributed by atoms with Crippen LogP contribution in [-0.4, -0.2) is 42.9 Å². The van der Waals surface area contributed by atoms with Crippen LogP contribution in [0.15, 0.2) is 0 Å². The minimum atomic E-state index is 0.652. The second kappa shape index (κ2) is 5.82. The van der Waals surface area contributed by atoms with Gasteiger partial charge in [-0.1, -0.05) is 22.9 Å². The summed E-state index contributed by atoms with van der Waals surface area (Å²) in [7, 11) is 0. The summed E-state index contributed by atoms with van der Waals surface area (Å²) in [6, 6.07) is 0. The number of tetrazole rings is 1. The van der Waals surface area contributed by atoms with Gasteiger partial charge in [0.1, 0.15) is 0 Å². The Labute approximate surface area is 122 Å². The summed E-state index contributed by atoms with van der Waals surface area (Å²) in [5.41, 5.74) is 0.960. The molecule has 0 spiro atoms. The number of piperidine rings is 1. The Kier molecular flexibility index (Phi) is 3.90. The van der Waals surface area contributed by atoms with E-state index in [1.54, 1.807) is 0 Å². The summed E-state index contributed by atoms with van der Waals surface area (Å²) in [5, 5.41) is 16.2. The Morgan fingerprint density at radius 2 is 2.25 bits per heavy atom. The molecule has 0 aliphatic carbocycles. The highest BCUT2D eigenvalue weighted by Gasteiger charge is 2.23. The predicted octanol–water partition coefficient (Wildman–Crippen LogP) is 1.51. The van der Waals surface area contributed by atoms with Crippen molar-refractivity contribution >= 4 is 17.5 Å². The number of rotatable bonds is 4. The number of aryl methyl sites for hydroxylation is 1. The lowest BCUT2D eigenvalue weighted by Crippen LogP contribution is -2.37. The maximum atomic E-state index is 4.21. The first kappa shape index (κ1) is 13.4. The van der Waals surface area contributed by atoms with E-state index in [2.05, 4.69) is 36.9 Å². The van der Waals surface area contributed by atoms with Crippen molar-refractivity contribution in [3.05, 3.63) is 10.6 Å². The molecule has 1 saturated heterocycles.